The van der Waals surface area contributed by atoms with Crippen molar-refractivity contribution in [3.05, 3.63) is 75.7 Å². The van der Waals surface area contributed by atoms with Gasteiger partial charge in [-0.05, 0) is 49.2 Å². The average Bonchev–Trinajstić information content (AvgIpc) is 3.27. The third kappa shape index (κ3) is 4.10. The Balaban J connectivity index is 1.55. The predicted molar refractivity (Wildman–Crippen MR) is 132 cm³/mol. The Morgan fingerprint density at radius 1 is 1.06 bits per heavy atom. The molecule has 0 aliphatic rings. The maximum Gasteiger partial charge on any atom is 0.262 e. The molecular formula is C24H22ClN5O2S. The van der Waals surface area contributed by atoms with Crippen LogP contribution in [0.3, 0.4) is 0 Å². The maximum atomic E-state index is 13.2. The molecule has 2 aromatic carbocycles. The van der Waals surface area contributed by atoms with E-state index in [0.717, 1.165) is 33.6 Å². The van der Waals surface area contributed by atoms with Gasteiger partial charge in [0.1, 0.15) is 0 Å². The normalized spacial score (nSPS) is 11.7. The number of pyridine rings is 1. The highest BCUT2D eigenvalue weighted by atomic mass is 35.5. The zero-order valence-electron chi connectivity index (χ0n) is 18.1. The van der Waals surface area contributed by atoms with Gasteiger partial charge in [0, 0.05) is 42.1 Å². The Hall–Kier alpha value is -2.94. The number of ether oxygens (including phenoxy) is 1. The molecule has 0 amide bonds. The summed E-state index contributed by atoms with van der Waals surface area (Å²) in [6.45, 7) is 3.72. The molecule has 0 saturated carbocycles. The van der Waals surface area contributed by atoms with Crippen molar-refractivity contribution in [3.8, 4) is 0 Å². The van der Waals surface area contributed by atoms with Crippen molar-refractivity contribution in [1.82, 2.24) is 24.1 Å². The van der Waals surface area contributed by atoms with Crippen LogP contribution >= 0.6 is 23.4 Å². The summed E-state index contributed by atoms with van der Waals surface area (Å²) in [5, 5.41) is 11.8. The number of aromatic nitrogens is 5. The Bertz CT molecular complexity index is 1510. The number of rotatable bonds is 8. The Kier molecular flexibility index (Phi) is 6.30. The van der Waals surface area contributed by atoms with Gasteiger partial charge in [-0.2, -0.15) is 0 Å². The Morgan fingerprint density at radius 3 is 2.79 bits per heavy atom. The van der Waals surface area contributed by atoms with E-state index in [2.05, 4.69) is 15.2 Å². The summed E-state index contributed by atoms with van der Waals surface area (Å²) >= 11 is 7.91. The molecule has 3 aromatic heterocycles. The molecule has 5 aromatic rings. The summed E-state index contributed by atoms with van der Waals surface area (Å²) in [5.74, 6) is 1.18. The predicted octanol–water partition coefficient (Wildman–Crippen LogP) is 4.96. The van der Waals surface area contributed by atoms with Crippen LogP contribution in [0, 0.1) is 0 Å². The van der Waals surface area contributed by atoms with E-state index in [4.69, 9.17) is 16.3 Å². The highest BCUT2D eigenvalue weighted by Gasteiger charge is 2.17. The molecule has 3 heterocycles. The van der Waals surface area contributed by atoms with Gasteiger partial charge in [0.25, 0.3) is 5.56 Å². The molecular weight excluding hydrogens is 458 g/mol. The van der Waals surface area contributed by atoms with Crippen molar-refractivity contribution in [1.29, 1.82) is 0 Å². The zero-order chi connectivity index (χ0) is 22.8. The van der Waals surface area contributed by atoms with E-state index in [9.17, 15) is 4.79 Å². The topological polar surface area (TPSA) is 74.3 Å². The van der Waals surface area contributed by atoms with E-state index in [1.54, 1.807) is 22.5 Å². The van der Waals surface area contributed by atoms with Crippen LogP contribution in [0.4, 0.5) is 0 Å². The minimum absolute atomic E-state index is 0.0635. The van der Waals surface area contributed by atoms with E-state index in [-0.39, 0.29) is 5.56 Å². The first-order chi connectivity index (χ1) is 16.2. The van der Waals surface area contributed by atoms with Gasteiger partial charge in [0.2, 0.25) is 5.78 Å². The lowest BCUT2D eigenvalue weighted by Crippen LogP contribution is -2.24. The van der Waals surface area contributed by atoms with Gasteiger partial charge in [-0.1, -0.05) is 41.6 Å². The smallest absolute Gasteiger partial charge is 0.262 e. The third-order valence-corrected chi connectivity index (χ3v) is 6.82. The summed E-state index contributed by atoms with van der Waals surface area (Å²) in [6.07, 6.45) is 2.49. The first kappa shape index (κ1) is 21.9. The molecule has 0 radical (unpaired) electrons. The second kappa shape index (κ2) is 9.51. The number of thioether (sulfide) groups is 1. The van der Waals surface area contributed by atoms with Crippen LogP contribution in [-0.4, -0.2) is 37.4 Å². The fraction of sp³-hybridized carbons (Fsp3) is 0.250. The second-order valence-electron chi connectivity index (χ2n) is 7.54. The van der Waals surface area contributed by atoms with Crippen molar-refractivity contribution in [2.45, 2.75) is 30.8 Å². The van der Waals surface area contributed by atoms with Gasteiger partial charge in [0.05, 0.1) is 16.4 Å². The number of fused-ring (bicyclic) bond motifs is 4. The van der Waals surface area contributed by atoms with Crippen LogP contribution in [0.15, 0.2) is 64.7 Å². The highest BCUT2D eigenvalue weighted by Crippen LogP contribution is 2.30. The molecule has 9 heteroatoms. The Morgan fingerprint density at radius 2 is 1.91 bits per heavy atom. The van der Waals surface area contributed by atoms with Crippen molar-refractivity contribution >= 4 is 50.9 Å². The number of aryl methyl sites for hydroxylation is 1. The summed E-state index contributed by atoms with van der Waals surface area (Å²) < 4.78 is 9.11. The zero-order valence-corrected chi connectivity index (χ0v) is 19.6. The molecule has 0 bridgehead atoms. The number of para-hydroxylation sites is 1. The minimum atomic E-state index is -0.0635. The van der Waals surface area contributed by atoms with E-state index in [1.165, 1.54) is 0 Å². The first-order valence-corrected chi connectivity index (χ1v) is 12.1. The van der Waals surface area contributed by atoms with Crippen LogP contribution in [-0.2, 0) is 17.0 Å². The molecule has 0 saturated heterocycles. The highest BCUT2D eigenvalue weighted by molar-refractivity contribution is 7.98. The van der Waals surface area contributed by atoms with E-state index in [1.807, 2.05) is 59.9 Å². The molecule has 0 aliphatic carbocycles. The summed E-state index contributed by atoms with van der Waals surface area (Å²) in [7, 11) is 0. The number of halogens is 1. The quantitative estimate of drug-likeness (QED) is 0.231. The Labute approximate surface area is 199 Å². The van der Waals surface area contributed by atoms with Crippen molar-refractivity contribution < 1.29 is 4.74 Å². The van der Waals surface area contributed by atoms with Crippen LogP contribution < -0.4 is 5.56 Å². The van der Waals surface area contributed by atoms with Crippen LogP contribution in [0.25, 0.3) is 27.6 Å². The number of hydrogen-bond acceptors (Lipinski definition) is 6. The monoisotopic (exact) mass is 479 g/mol. The maximum absolute atomic E-state index is 13.2. The van der Waals surface area contributed by atoms with Gasteiger partial charge < -0.3 is 4.74 Å². The molecule has 0 aliphatic heterocycles. The summed E-state index contributed by atoms with van der Waals surface area (Å²) in [4.78, 5) is 17.7. The van der Waals surface area contributed by atoms with Crippen LogP contribution in [0.2, 0.25) is 5.02 Å². The molecule has 33 heavy (non-hydrogen) atoms. The average molecular weight is 480 g/mol. The second-order valence-corrected chi connectivity index (χ2v) is 8.89. The van der Waals surface area contributed by atoms with Crippen LogP contribution in [0.5, 0.6) is 0 Å². The molecule has 0 atom stereocenters. The van der Waals surface area contributed by atoms with E-state index >= 15 is 0 Å². The lowest BCUT2D eigenvalue weighted by molar-refractivity contribution is 0.141. The molecule has 5 rings (SSSR count). The molecule has 0 fully saturated rings. The fourth-order valence-electron chi connectivity index (χ4n) is 3.95. The van der Waals surface area contributed by atoms with Gasteiger partial charge in [-0.3, -0.25) is 18.7 Å². The van der Waals surface area contributed by atoms with E-state index < -0.39 is 0 Å². The third-order valence-electron chi connectivity index (χ3n) is 5.51. The van der Waals surface area contributed by atoms with Crippen LogP contribution in [0.1, 0.15) is 18.9 Å². The van der Waals surface area contributed by atoms with Crippen molar-refractivity contribution in [2.75, 3.05) is 13.2 Å². The number of hydrogen-bond donors (Lipinski definition) is 0. The molecule has 0 N–H and O–H groups in total. The lowest BCUT2D eigenvalue weighted by atomic mass is 10.1. The summed E-state index contributed by atoms with van der Waals surface area (Å²) in [6, 6.07) is 15.3. The number of benzene rings is 2. The van der Waals surface area contributed by atoms with Crippen molar-refractivity contribution in [2.24, 2.45) is 0 Å². The fourth-order valence-corrected chi connectivity index (χ4v) is 5.09. The van der Waals surface area contributed by atoms with Crippen molar-refractivity contribution in [3.63, 3.8) is 0 Å². The molecule has 0 unspecified atom stereocenters. The molecule has 0 spiro atoms. The van der Waals surface area contributed by atoms with Gasteiger partial charge >= 0.3 is 0 Å². The summed E-state index contributed by atoms with van der Waals surface area (Å²) in [5.41, 5.74) is 2.67. The lowest BCUT2D eigenvalue weighted by Gasteiger charge is -2.11. The van der Waals surface area contributed by atoms with Gasteiger partial charge in [-0.25, -0.2) is 0 Å². The minimum Gasteiger partial charge on any atom is -0.382 e. The number of nitrogens with zero attached hydrogens (tertiary/aromatic N) is 5. The standard InChI is InChI=1S/C24H22ClN5O2S/c1-2-32-14-6-13-29-22(31)18-7-3-4-9-20(18)30-23(29)27-28-24(30)33-15-16-10-11-19(25)17-8-5-12-26-21(16)17/h3-5,7-12H,2,6,13-15H2,1H3. The van der Waals surface area contributed by atoms with Gasteiger partial charge in [-0.15, -0.1) is 10.2 Å². The molecule has 7 nitrogen and oxygen atoms in total. The SMILES string of the molecule is CCOCCCn1c(=O)c2ccccc2n2c(SCc3ccc(Cl)c4cccnc34)nnc12. The largest absolute Gasteiger partial charge is 0.382 e. The van der Waals surface area contributed by atoms with E-state index in [0.29, 0.717) is 41.7 Å². The van der Waals surface area contributed by atoms with Gasteiger partial charge in [0.15, 0.2) is 5.16 Å². The molecule has 168 valence electrons. The first-order valence-electron chi connectivity index (χ1n) is 10.8.